The van der Waals surface area contributed by atoms with E-state index in [1.54, 1.807) is 0 Å². The molecular weight excluding hydrogens is 723 g/mol. The molecule has 0 spiro atoms. The molecule has 9 aromatic carbocycles. The normalized spacial score (nSPS) is 18.4. The van der Waals surface area contributed by atoms with Gasteiger partial charge in [-0.25, -0.2) is 0 Å². The van der Waals surface area contributed by atoms with Crippen molar-refractivity contribution in [3.63, 3.8) is 0 Å². The minimum absolute atomic E-state index is 0.119. The molecule has 60 heavy (non-hydrogen) atoms. The lowest BCUT2D eigenvalue weighted by atomic mass is 9.51. The lowest BCUT2D eigenvalue weighted by molar-refractivity contribution is 0.627. The van der Waals surface area contributed by atoms with E-state index < -0.39 is 10.8 Å². The molecule has 0 saturated heterocycles. The second kappa shape index (κ2) is 12.9. The summed E-state index contributed by atoms with van der Waals surface area (Å²) in [6.07, 6.45) is 0. The Balaban J connectivity index is 1.15. The van der Waals surface area contributed by atoms with Gasteiger partial charge in [-0.05, 0) is 114 Å². The highest BCUT2D eigenvalue weighted by Crippen LogP contribution is 2.66. The van der Waals surface area contributed by atoms with Crippen LogP contribution < -0.4 is 4.90 Å². The zero-order valence-corrected chi connectivity index (χ0v) is 33.8. The number of rotatable bonds is 6. The fourth-order valence-electron chi connectivity index (χ4n) is 11.6. The first kappa shape index (κ1) is 34.8. The van der Waals surface area contributed by atoms with Crippen molar-refractivity contribution in [1.82, 2.24) is 0 Å². The molecule has 1 nitrogen and oxygen atoms in total. The average molecular weight is 766 g/mol. The van der Waals surface area contributed by atoms with Crippen LogP contribution in [-0.2, 0) is 16.2 Å². The summed E-state index contributed by atoms with van der Waals surface area (Å²) in [6.45, 7) is 4.73. The summed E-state index contributed by atoms with van der Waals surface area (Å²) >= 11 is 0. The van der Waals surface area contributed by atoms with Crippen LogP contribution >= 0.6 is 0 Å². The highest BCUT2D eigenvalue weighted by Gasteiger charge is 2.57. The Morgan fingerprint density at radius 2 is 0.733 bits per heavy atom. The Bertz CT molecular complexity index is 3130. The molecule has 0 heterocycles. The SMILES string of the molecule is CC1(C)c2ccccc2-c2ccc(N(c3ccccc3)c3cccc(C4(c5ccccc5)c5ccccc5C5(c6ccccc6)c6ccccc6-c6cccc4c65)c3)cc21. The standard InChI is InChI=1S/C59H43N/c1-57(2)50-31-14-12-28-46(50)48-37-36-45(39-55(48)57)60(43-25-10-5-11-26-43)44-27-18-24-42(38-44)58(40-20-6-3-7-21-40)52-33-16-17-34-53(52)59(41-22-8-4-9-23-41)51-32-15-13-29-47(51)49-30-19-35-54(58)56(49)59/h3-39H,1-2H3. The van der Waals surface area contributed by atoms with E-state index in [-0.39, 0.29) is 5.41 Å². The van der Waals surface area contributed by atoms with E-state index in [1.807, 2.05) is 0 Å². The van der Waals surface area contributed by atoms with Crippen LogP contribution in [0.3, 0.4) is 0 Å². The molecule has 2 unspecified atom stereocenters. The van der Waals surface area contributed by atoms with Gasteiger partial charge < -0.3 is 4.90 Å². The maximum atomic E-state index is 2.47. The Morgan fingerprint density at radius 3 is 1.43 bits per heavy atom. The second-order valence-corrected chi connectivity index (χ2v) is 17.2. The number of anilines is 3. The summed E-state index contributed by atoms with van der Waals surface area (Å²) < 4.78 is 0. The zero-order chi connectivity index (χ0) is 40.1. The highest BCUT2D eigenvalue weighted by molar-refractivity contribution is 5.92. The van der Waals surface area contributed by atoms with Gasteiger partial charge in [-0.2, -0.15) is 0 Å². The van der Waals surface area contributed by atoms with Gasteiger partial charge in [0.15, 0.2) is 0 Å². The predicted molar refractivity (Wildman–Crippen MR) is 248 cm³/mol. The molecule has 0 aliphatic heterocycles. The number of benzene rings is 9. The number of fused-ring (bicyclic) bond motifs is 8. The van der Waals surface area contributed by atoms with E-state index in [9.17, 15) is 0 Å². The van der Waals surface area contributed by atoms with Crippen molar-refractivity contribution in [2.45, 2.75) is 30.1 Å². The monoisotopic (exact) mass is 765 g/mol. The van der Waals surface area contributed by atoms with Gasteiger partial charge in [0, 0.05) is 22.5 Å². The Hall–Kier alpha value is -7.22. The molecule has 9 aromatic rings. The molecule has 2 atom stereocenters. The van der Waals surface area contributed by atoms with Gasteiger partial charge in [-0.1, -0.05) is 202 Å². The van der Waals surface area contributed by atoms with Crippen molar-refractivity contribution in [3.8, 4) is 22.3 Å². The molecule has 3 aliphatic rings. The van der Waals surface area contributed by atoms with Crippen LogP contribution in [-0.4, -0.2) is 0 Å². The number of nitrogens with zero attached hydrogens (tertiary/aromatic N) is 1. The number of para-hydroxylation sites is 1. The van der Waals surface area contributed by atoms with Gasteiger partial charge in [-0.15, -0.1) is 0 Å². The predicted octanol–water partition coefficient (Wildman–Crippen LogP) is 14.5. The van der Waals surface area contributed by atoms with E-state index in [2.05, 4.69) is 243 Å². The maximum Gasteiger partial charge on any atom is 0.0720 e. The summed E-state index contributed by atoms with van der Waals surface area (Å²) in [4.78, 5) is 2.45. The third-order valence-electron chi connectivity index (χ3n) is 14.0. The van der Waals surface area contributed by atoms with E-state index >= 15 is 0 Å². The van der Waals surface area contributed by atoms with Gasteiger partial charge in [0.1, 0.15) is 0 Å². The van der Waals surface area contributed by atoms with Crippen LogP contribution in [0.5, 0.6) is 0 Å². The summed E-state index contributed by atoms with van der Waals surface area (Å²) in [5, 5.41) is 0. The van der Waals surface area contributed by atoms with Gasteiger partial charge in [0.25, 0.3) is 0 Å². The molecule has 0 radical (unpaired) electrons. The van der Waals surface area contributed by atoms with Crippen LogP contribution in [0.4, 0.5) is 17.1 Å². The molecule has 0 amide bonds. The fraction of sp³-hybridized carbons (Fsp3) is 0.0847. The van der Waals surface area contributed by atoms with Gasteiger partial charge in [0.2, 0.25) is 0 Å². The van der Waals surface area contributed by atoms with Crippen molar-refractivity contribution < 1.29 is 0 Å². The molecule has 3 aliphatic carbocycles. The first-order valence-corrected chi connectivity index (χ1v) is 21.2. The lowest BCUT2D eigenvalue weighted by Gasteiger charge is -2.49. The molecule has 0 fully saturated rings. The van der Waals surface area contributed by atoms with Crippen LogP contribution in [0.1, 0.15) is 69.5 Å². The van der Waals surface area contributed by atoms with Crippen molar-refractivity contribution in [1.29, 1.82) is 0 Å². The maximum absolute atomic E-state index is 2.47. The largest absolute Gasteiger partial charge is 0.310 e. The van der Waals surface area contributed by atoms with Gasteiger partial charge in [-0.3, -0.25) is 0 Å². The Kier molecular flexibility index (Phi) is 7.47. The summed E-state index contributed by atoms with van der Waals surface area (Å²) in [6, 6.07) is 84.3. The average Bonchev–Trinajstić information content (AvgIpc) is 3.74. The van der Waals surface area contributed by atoms with Crippen LogP contribution in [0, 0.1) is 0 Å². The highest BCUT2D eigenvalue weighted by atomic mass is 15.1. The molecule has 284 valence electrons. The van der Waals surface area contributed by atoms with E-state index in [4.69, 9.17) is 0 Å². The Labute approximate surface area is 352 Å². The van der Waals surface area contributed by atoms with Gasteiger partial charge >= 0.3 is 0 Å². The first-order valence-electron chi connectivity index (χ1n) is 21.2. The second-order valence-electron chi connectivity index (χ2n) is 17.2. The molecule has 1 heteroatoms. The van der Waals surface area contributed by atoms with Crippen LogP contribution in [0.25, 0.3) is 22.3 Å². The third-order valence-corrected chi connectivity index (χ3v) is 14.0. The molecule has 0 aromatic heterocycles. The molecule has 0 N–H and O–H groups in total. The van der Waals surface area contributed by atoms with Gasteiger partial charge in [0.05, 0.1) is 10.8 Å². The number of hydrogen-bond acceptors (Lipinski definition) is 1. The molecule has 0 saturated carbocycles. The van der Waals surface area contributed by atoms with E-state index in [0.717, 1.165) is 17.1 Å². The van der Waals surface area contributed by atoms with Crippen LogP contribution in [0.15, 0.2) is 224 Å². The summed E-state index contributed by atoms with van der Waals surface area (Å²) in [7, 11) is 0. The Morgan fingerprint density at radius 1 is 0.283 bits per heavy atom. The number of hydrogen-bond donors (Lipinski definition) is 0. The fourth-order valence-corrected chi connectivity index (χ4v) is 11.6. The first-order chi connectivity index (χ1) is 29.5. The quantitative estimate of drug-likeness (QED) is 0.163. The van der Waals surface area contributed by atoms with Crippen LogP contribution in [0.2, 0.25) is 0 Å². The lowest BCUT2D eigenvalue weighted by Crippen LogP contribution is -2.44. The molecule has 0 bridgehead atoms. The van der Waals surface area contributed by atoms with Crippen molar-refractivity contribution in [2.24, 2.45) is 0 Å². The summed E-state index contributed by atoms with van der Waals surface area (Å²) in [5.74, 6) is 0. The minimum Gasteiger partial charge on any atom is -0.310 e. The van der Waals surface area contributed by atoms with Crippen molar-refractivity contribution >= 4 is 17.1 Å². The third kappa shape index (κ3) is 4.52. The van der Waals surface area contributed by atoms with E-state index in [1.165, 1.54) is 77.9 Å². The smallest absolute Gasteiger partial charge is 0.0720 e. The van der Waals surface area contributed by atoms with Crippen molar-refractivity contribution in [2.75, 3.05) is 4.90 Å². The minimum atomic E-state index is -0.635. The van der Waals surface area contributed by atoms with E-state index in [0.29, 0.717) is 0 Å². The summed E-state index contributed by atoms with van der Waals surface area (Å²) in [5.41, 5.74) is 20.6. The molecule has 12 rings (SSSR count). The topological polar surface area (TPSA) is 3.24 Å². The van der Waals surface area contributed by atoms with Crippen molar-refractivity contribution in [3.05, 3.63) is 280 Å². The zero-order valence-electron chi connectivity index (χ0n) is 33.8. The molecular formula is C59H43N.